The third kappa shape index (κ3) is 3.98. The van der Waals surface area contributed by atoms with Crippen LogP contribution in [-0.4, -0.2) is 31.3 Å². The Morgan fingerprint density at radius 1 is 0.528 bits per heavy atom. The van der Waals surface area contributed by atoms with E-state index >= 15 is 0 Å². The first-order valence-corrected chi connectivity index (χ1v) is 12.9. The van der Waals surface area contributed by atoms with E-state index in [-0.39, 0.29) is 78.0 Å². The van der Waals surface area contributed by atoms with Crippen LogP contribution in [-0.2, 0) is 0 Å². The molecule has 0 aliphatic carbocycles. The number of hydrogen-bond acceptors (Lipinski definition) is 6. The van der Waals surface area contributed by atoms with Crippen LogP contribution in [0.2, 0.25) is 0 Å². The van der Waals surface area contributed by atoms with Gasteiger partial charge in [-0.05, 0) is 93.2 Å². The summed E-state index contributed by atoms with van der Waals surface area (Å²) in [5.41, 5.74) is -2.48. The van der Waals surface area contributed by atoms with Crippen molar-refractivity contribution in [2.45, 2.75) is 115 Å². The highest BCUT2D eigenvalue weighted by atomic mass is 16.2. The summed E-state index contributed by atoms with van der Waals surface area (Å²) in [4.78, 5) is 54.1. The number of benzene rings is 1. The summed E-state index contributed by atoms with van der Waals surface area (Å²) in [5, 5.41) is 8.06. The number of fused-ring (bicyclic) bond motifs is 2. The third-order valence-corrected chi connectivity index (χ3v) is 8.02. The minimum absolute atomic E-state index is 0.224. The maximum Gasteiger partial charge on any atom is 0.261 e. The van der Waals surface area contributed by atoms with Crippen LogP contribution in [0.4, 0.5) is 0 Å². The van der Waals surface area contributed by atoms with Crippen molar-refractivity contribution in [1.82, 2.24) is 19.8 Å². The van der Waals surface area contributed by atoms with E-state index in [9.17, 15) is 19.2 Å². The Morgan fingerprint density at radius 3 is 0.972 bits per heavy atom. The van der Waals surface area contributed by atoms with E-state index in [2.05, 4.69) is 66.0 Å². The monoisotopic (exact) mass is 494 g/mol. The molecular formula is C28H38N4O4. The molecule has 2 aromatic heterocycles. The molecule has 0 radical (unpaired) electrons. The summed E-state index contributed by atoms with van der Waals surface area (Å²) in [7, 11) is 0. The fourth-order valence-electron chi connectivity index (χ4n) is 7.58. The highest BCUT2D eigenvalue weighted by Crippen LogP contribution is 2.36. The lowest BCUT2D eigenvalue weighted by atomic mass is 9.79. The van der Waals surface area contributed by atoms with Crippen molar-refractivity contribution in [3.63, 3.8) is 0 Å². The van der Waals surface area contributed by atoms with Crippen molar-refractivity contribution in [3.8, 4) is 0 Å². The molecule has 1 aromatic carbocycles. The van der Waals surface area contributed by atoms with E-state index < -0.39 is 0 Å². The average Bonchev–Trinajstić information content (AvgIpc) is 3.06. The molecule has 0 unspecified atom stereocenters. The standard InChI is InChI=1S/C28H38N4O4/c1-25(2)11-15(12-26(3,4)29-25)31-21(33)17-9-19-20(10-18(17)22(31)34)24(36)32(23(19)35)16-13-27(5,6)30-28(7,8)14-16/h9-10,15-16,29-30H,11-14H2,1-8H3. The molecule has 4 heterocycles. The molecule has 3 aromatic rings. The Morgan fingerprint density at radius 2 is 0.750 bits per heavy atom. The molecule has 2 aliphatic heterocycles. The first-order valence-electron chi connectivity index (χ1n) is 12.9. The number of nitrogens with one attached hydrogen (secondary N) is 2. The molecule has 0 bridgehead atoms. The van der Waals surface area contributed by atoms with Crippen LogP contribution < -0.4 is 32.9 Å². The van der Waals surface area contributed by atoms with Crippen molar-refractivity contribution < 1.29 is 0 Å². The minimum Gasteiger partial charge on any atom is -0.307 e. The second-order valence-electron chi connectivity index (χ2n) is 13.8. The molecule has 8 heteroatoms. The summed E-state index contributed by atoms with van der Waals surface area (Å²) in [6.07, 6.45) is 2.53. The van der Waals surface area contributed by atoms with E-state index in [1.165, 1.54) is 21.3 Å². The molecule has 2 fully saturated rings. The zero-order valence-electron chi connectivity index (χ0n) is 22.7. The fraction of sp³-hybridized carbons (Fsp3) is 0.643. The predicted octanol–water partition coefficient (Wildman–Crippen LogP) is 2.88. The van der Waals surface area contributed by atoms with Gasteiger partial charge in [-0.3, -0.25) is 28.3 Å². The van der Waals surface area contributed by atoms with Crippen molar-refractivity contribution in [3.05, 3.63) is 53.5 Å². The molecule has 0 spiro atoms. The molecule has 2 N–H and O–H groups in total. The van der Waals surface area contributed by atoms with Gasteiger partial charge in [0.2, 0.25) is 0 Å². The van der Waals surface area contributed by atoms with Gasteiger partial charge in [0.1, 0.15) is 0 Å². The number of nitrogens with zero attached hydrogens (tertiary/aromatic N) is 2. The molecule has 194 valence electrons. The van der Waals surface area contributed by atoms with E-state index in [4.69, 9.17) is 0 Å². The van der Waals surface area contributed by atoms with E-state index in [1.54, 1.807) is 0 Å². The van der Waals surface area contributed by atoms with Gasteiger partial charge in [-0.2, -0.15) is 0 Å². The topological polar surface area (TPSA) is 102 Å². The van der Waals surface area contributed by atoms with E-state index in [0.29, 0.717) is 25.7 Å². The predicted molar refractivity (Wildman–Crippen MR) is 144 cm³/mol. The summed E-state index contributed by atoms with van der Waals surface area (Å²) in [5.74, 6) is 0. The molecule has 8 nitrogen and oxygen atoms in total. The zero-order chi connectivity index (χ0) is 26.6. The fourth-order valence-corrected chi connectivity index (χ4v) is 7.58. The van der Waals surface area contributed by atoms with Crippen molar-refractivity contribution in [2.24, 2.45) is 0 Å². The van der Waals surface area contributed by atoms with Crippen LogP contribution in [0, 0.1) is 0 Å². The van der Waals surface area contributed by atoms with Crippen LogP contribution in [0.15, 0.2) is 31.3 Å². The Hall–Kier alpha value is -2.58. The molecule has 0 saturated carbocycles. The molecule has 2 saturated heterocycles. The smallest absolute Gasteiger partial charge is 0.261 e. The highest BCUT2D eigenvalue weighted by Gasteiger charge is 2.41. The van der Waals surface area contributed by atoms with Gasteiger partial charge in [-0.15, -0.1) is 0 Å². The molecule has 0 amide bonds. The zero-order valence-corrected chi connectivity index (χ0v) is 22.7. The Bertz CT molecular complexity index is 1370. The minimum atomic E-state index is -0.376. The van der Waals surface area contributed by atoms with Gasteiger partial charge in [-0.1, -0.05) is 0 Å². The molecule has 2 aliphatic rings. The van der Waals surface area contributed by atoms with Gasteiger partial charge in [0.25, 0.3) is 22.2 Å². The number of aromatic nitrogens is 2. The maximum atomic E-state index is 13.5. The lowest BCUT2D eigenvalue weighted by Gasteiger charge is -2.46. The Kier molecular flexibility index (Phi) is 5.21. The van der Waals surface area contributed by atoms with E-state index in [1.807, 2.05) is 0 Å². The van der Waals surface area contributed by atoms with Crippen LogP contribution in [0.3, 0.4) is 0 Å². The van der Waals surface area contributed by atoms with E-state index in [0.717, 1.165) is 0 Å². The summed E-state index contributed by atoms with van der Waals surface area (Å²) in [6.45, 7) is 16.6. The summed E-state index contributed by atoms with van der Waals surface area (Å²) < 4.78 is 2.71. The van der Waals surface area contributed by atoms with Gasteiger partial charge in [-0.25, -0.2) is 0 Å². The average molecular weight is 495 g/mol. The first-order chi connectivity index (χ1) is 16.4. The maximum absolute atomic E-state index is 13.5. The lowest BCUT2D eigenvalue weighted by molar-refractivity contribution is 0.129. The number of piperidine rings is 2. The van der Waals surface area contributed by atoms with Gasteiger partial charge in [0, 0.05) is 34.2 Å². The normalized spacial score (nSPS) is 24.0. The lowest BCUT2D eigenvalue weighted by Crippen LogP contribution is -2.59. The largest absolute Gasteiger partial charge is 0.307 e. The second kappa shape index (κ2) is 7.48. The molecule has 36 heavy (non-hydrogen) atoms. The Balaban J connectivity index is 1.68. The van der Waals surface area contributed by atoms with Gasteiger partial charge < -0.3 is 10.6 Å². The van der Waals surface area contributed by atoms with Gasteiger partial charge in [0.15, 0.2) is 0 Å². The third-order valence-electron chi connectivity index (χ3n) is 8.02. The Labute approximate surface area is 210 Å². The summed E-state index contributed by atoms with van der Waals surface area (Å²) in [6, 6.07) is 2.45. The highest BCUT2D eigenvalue weighted by molar-refractivity contribution is 5.97. The molecular weight excluding hydrogens is 456 g/mol. The molecule has 0 atom stereocenters. The van der Waals surface area contributed by atoms with Gasteiger partial charge in [0.05, 0.1) is 21.5 Å². The van der Waals surface area contributed by atoms with Crippen LogP contribution in [0.25, 0.3) is 21.5 Å². The summed E-state index contributed by atoms with van der Waals surface area (Å²) >= 11 is 0. The van der Waals surface area contributed by atoms with Crippen LogP contribution in [0.1, 0.15) is 93.2 Å². The number of hydrogen-bond donors (Lipinski definition) is 2. The van der Waals surface area contributed by atoms with Gasteiger partial charge >= 0.3 is 0 Å². The van der Waals surface area contributed by atoms with Crippen molar-refractivity contribution >= 4 is 21.5 Å². The number of rotatable bonds is 2. The van der Waals surface area contributed by atoms with Crippen LogP contribution >= 0.6 is 0 Å². The quantitative estimate of drug-likeness (QED) is 0.568. The first kappa shape index (κ1) is 25.1. The van der Waals surface area contributed by atoms with Crippen molar-refractivity contribution in [2.75, 3.05) is 0 Å². The van der Waals surface area contributed by atoms with Crippen LogP contribution in [0.5, 0.6) is 0 Å². The second-order valence-corrected chi connectivity index (χ2v) is 13.8. The molecule has 5 rings (SSSR count). The van der Waals surface area contributed by atoms with Crippen molar-refractivity contribution in [1.29, 1.82) is 0 Å². The SMILES string of the molecule is CC1(C)CC(n2c(=O)c3cc4c(=O)n(C5CC(C)(C)NC(C)(C)C5)c(=O)c4cc3c2=O)CC(C)(C)N1.